The number of alkyl halides is 3. The highest BCUT2D eigenvalue weighted by Gasteiger charge is 2.35. The highest BCUT2D eigenvalue weighted by atomic mass is 35.5. The fraction of sp³-hybridized carbons (Fsp3) is 0.118. The number of hydrogen-bond acceptors (Lipinski definition) is 5. The van der Waals surface area contributed by atoms with Crippen molar-refractivity contribution in [2.45, 2.75) is 6.18 Å². The van der Waals surface area contributed by atoms with E-state index in [1.54, 1.807) is 0 Å². The molecule has 1 heterocycles. The number of methoxy groups -OCH3 is 1. The van der Waals surface area contributed by atoms with E-state index in [0.717, 1.165) is 25.3 Å². The van der Waals surface area contributed by atoms with Crippen molar-refractivity contribution >= 4 is 28.2 Å². The first-order valence-corrected chi connectivity index (χ1v) is 7.74. The molecule has 0 N–H and O–H groups in total. The summed E-state index contributed by atoms with van der Waals surface area (Å²) in [6, 6.07) is 7.07. The van der Waals surface area contributed by atoms with Gasteiger partial charge in [0.15, 0.2) is 0 Å². The number of nitro benzene ring substituents is 1. The first kappa shape index (κ1) is 18.7. The van der Waals surface area contributed by atoms with Crippen molar-refractivity contribution in [2.75, 3.05) is 7.11 Å². The van der Waals surface area contributed by atoms with Crippen molar-refractivity contribution in [3.05, 3.63) is 63.3 Å². The van der Waals surface area contributed by atoms with Crippen LogP contribution in [0.3, 0.4) is 0 Å². The minimum absolute atomic E-state index is 0.0815. The lowest BCUT2D eigenvalue weighted by Crippen LogP contribution is -2.07. The number of hydrogen-bond donors (Lipinski definition) is 0. The first-order chi connectivity index (χ1) is 12.7. The summed E-state index contributed by atoms with van der Waals surface area (Å²) in [5.41, 5.74) is -1.06. The highest BCUT2D eigenvalue weighted by Crippen LogP contribution is 2.41. The lowest BCUT2D eigenvalue weighted by atomic mass is 10.1. The van der Waals surface area contributed by atoms with Crippen LogP contribution in [-0.2, 0) is 6.18 Å². The van der Waals surface area contributed by atoms with Crippen LogP contribution in [0.25, 0.3) is 10.9 Å². The summed E-state index contributed by atoms with van der Waals surface area (Å²) < 4.78 is 50.2. The topological polar surface area (TPSA) is 74.5 Å². The standard InChI is InChI=1S/C17H10ClF3N2O4/c1-26-16-8-13-10(7-11(16)17(19,20)21)15(4-5-22-13)27-9-2-3-14(23(24)25)12(18)6-9/h2-8H,1H3. The number of ether oxygens (including phenoxy) is 2. The predicted octanol–water partition coefficient (Wildman–Crippen LogP) is 5.62. The summed E-state index contributed by atoms with van der Waals surface area (Å²) in [5.74, 6) is -0.154. The zero-order valence-electron chi connectivity index (χ0n) is 13.6. The molecule has 0 bridgehead atoms. The molecule has 0 aliphatic rings. The van der Waals surface area contributed by atoms with E-state index in [4.69, 9.17) is 21.1 Å². The third-order valence-corrected chi connectivity index (χ3v) is 3.97. The van der Waals surface area contributed by atoms with Gasteiger partial charge in [-0.15, -0.1) is 0 Å². The van der Waals surface area contributed by atoms with Gasteiger partial charge < -0.3 is 9.47 Å². The summed E-state index contributed by atoms with van der Waals surface area (Å²) in [6.07, 6.45) is -3.28. The Hall–Kier alpha value is -3.07. The van der Waals surface area contributed by atoms with Crippen molar-refractivity contribution in [3.8, 4) is 17.2 Å². The van der Waals surface area contributed by atoms with Crippen molar-refractivity contribution in [2.24, 2.45) is 0 Å². The van der Waals surface area contributed by atoms with E-state index >= 15 is 0 Å². The number of rotatable bonds is 4. The highest BCUT2D eigenvalue weighted by molar-refractivity contribution is 6.32. The number of nitro groups is 1. The van der Waals surface area contributed by atoms with Crippen LogP contribution in [0.4, 0.5) is 18.9 Å². The van der Waals surface area contributed by atoms with Gasteiger partial charge in [0.05, 0.1) is 23.1 Å². The molecule has 0 radical (unpaired) electrons. The molecule has 0 saturated carbocycles. The van der Waals surface area contributed by atoms with Crippen LogP contribution in [0.5, 0.6) is 17.2 Å². The van der Waals surface area contributed by atoms with Gasteiger partial charge in [0.1, 0.15) is 22.3 Å². The summed E-state index contributed by atoms with van der Waals surface area (Å²) in [7, 11) is 1.13. The molecule has 0 amide bonds. The maximum Gasteiger partial charge on any atom is 0.419 e. The number of pyridine rings is 1. The molecule has 0 unspecified atom stereocenters. The van der Waals surface area contributed by atoms with Crippen LogP contribution in [0.1, 0.15) is 5.56 Å². The molecule has 140 valence electrons. The minimum Gasteiger partial charge on any atom is -0.496 e. The lowest BCUT2D eigenvalue weighted by molar-refractivity contribution is -0.384. The maximum atomic E-state index is 13.3. The number of nitrogens with zero attached hydrogens (tertiary/aromatic N) is 2. The Balaban J connectivity index is 2.09. The molecule has 0 spiro atoms. The summed E-state index contributed by atoms with van der Waals surface area (Å²) in [4.78, 5) is 14.2. The molecule has 27 heavy (non-hydrogen) atoms. The lowest BCUT2D eigenvalue weighted by Gasteiger charge is -2.15. The smallest absolute Gasteiger partial charge is 0.419 e. The van der Waals surface area contributed by atoms with Gasteiger partial charge in [-0.2, -0.15) is 13.2 Å². The van der Waals surface area contributed by atoms with Gasteiger partial charge in [0, 0.05) is 29.8 Å². The van der Waals surface area contributed by atoms with Crippen molar-refractivity contribution in [1.29, 1.82) is 0 Å². The van der Waals surface area contributed by atoms with E-state index in [-0.39, 0.29) is 38.9 Å². The van der Waals surface area contributed by atoms with Gasteiger partial charge in [-0.3, -0.25) is 15.1 Å². The molecule has 10 heteroatoms. The van der Waals surface area contributed by atoms with Crippen LogP contribution in [0, 0.1) is 10.1 Å². The van der Waals surface area contributed by atoms with Crippen molar-refractivity contribution < 1.29 is 27.6 Å². The normalized spacial score (nSPS) is 11.4. The van der Waals surface area contributed by atoms with Gasteiger partial charge in [-0.1, -0.05) is 11.6 Å². The molecule has 0 atom stereocenters. The average molecular weight is 399 g/mol. The van der Waals surface area contributed by atoms with Crippen LogP contribution < -0.4 is 9.47 Å². The molecular formula is C17H10ClF3N2O4. The molecule has 0 aliphatic heterocycles. The molecule has 2 aromatic carbocycles. The van der Waals surface area contributed by atoms with Gasteiger partial charge in [-0.25, -0.2) is 0 Å². The number of halogens is 4. The molecule has 0 aliphatic carbocycles. The monoisotopic (exact) mass is 398 g/mol. The predicted molar refractivity (Wildman–Crippen MR) is 91.5 cm³/mol. The van der Waals surface area contributed by atoms with E-state index in [1.807, 2.05) is 0 Å². The average Bonchev–Trinajstić information content (AvgIpc) is 2.59. The Bertz CT molecular complexity index is 1040. The molecule has 6 nitrogen and oxygen atoms in total. The zero-order chi connectivity index (χ0) is 19.8. The fourth-order valence-electron chi connectivity index (χ4n) is 2.45. The van der Waals surface area contributed by atoms with E-state index in [2.05, 4.69) is 4.98 Å². The Kier molecular flexibility index (Phi) is 4.79. The van der Waals surface area contributed by atoms with Gasteiger partial charge >= 0.3 is 6.18 Å². The minimum atomic E-state index is -4.64. The second-order valence-electron chi connectivity index (χ2n) is 5.35. The van der Waals surface area contributed by atoms with Crippen LogP contribution >= 0.6 is 11.6 Å². The third-order valence-electron chi connectivity index (χ3n) is 3.67. The summed E-state index contributed by atoms with van der Waals surface area (Å²) >= 11 is 5.83. The Labute approximate surface area is 155 Å². The quantitative estimate of drug-likeness (QED) is 0.421. The molecule has 0 saturated heterocycles. The number of aromatic nitrogens is 1. The maximum absolute atomic E-state index is 13.3. The van der Waals surface area contributed by atoms with Crippen LogP contribution in [0.2, 0.25) is 5.02 Å². The Morgan fingerprint density at radius 1 is 1.15 bits per heavy atom. The Morgan fingerprint density at radius 3 is 2.48 bits per heavy atom. The summed E-state index contributed by atoms with van der Waals surface area (Å²) in [5, 5.41) is 10.8. The van der Waals surface area contributed by atoms with Gasteiger partial charge in [0.25, 0.3) is 5.69 Å². The second kappa shape index (κ2) is 6.92. The number of benzene rings is 2. The first-order valence-electron chi connectivity index (χ1n) is 7.36. The van der Waals surface area contributed by atoms with Gasteiger partial charge in [-0.05, 0) is 18.2 Å². The van der Waals surface area contributed by atoms with Crippen LogP contribution in [-0.4, -0.2) is 17.0 Å². The van der Waals surface area contributed by atoms with Crippen molar-refractivity contribution in [1.82, 2.24) is 4.98 Å². The van der Waals surface area contributed by atoms with E-state index in [9.17, 15) is 23.3 Å². The zero-order valence-corrected chi connectivity index (χ0v) is 14.3. The van der Waals surface area contributed by atoms with E-state index in [0.29, 0.717) is 0 Å². The summed E-state index contributed by atoms with van der Waals surface area (Å²) in [6.45, 7) is 0. The fourth-order valence-corrected chi connectivity index (χ4v) is 2.69. The molecular weight excluding hydrogens is 389 g/mol. The number of fused-ring (bicyclic) bond motifs is 1. The van der Waals surface area contributed by atoms with Crippen molar-refractivity contribution in [3.63, 3.8) is 0 Å². The second-order valence-corrected chi connectivity index (χ2v) is 5.76. The molecule has 3 aromatic rings. The van der Waals surface area contributed by atoms with Gasteiger partial charge in [0.2, 0.25) is 0 Å². The van der Waals surface area contributed by atoms with E-state index in [1.165, 1.54) is 24.4 Å². The van der Waals surface area contributed by atoms with Crippen LogP contribution in [0.15, 0.2) is 42.6 Å². The Morgan fingerprint density at radius 2 is 1.89 bits per heavy atom. The SMILES string of the molecule is COc1cc2nccc(Oc3ccc([N+](=O)[O-])c(Cl)c3)c2cc1C(F)(F)F. The molecule has 3 rings (SSSR count). The molecule has 1 aromatic heterocycles. The molecule has 0 fully saturated rings. The third kappa shape index (κ3) is 3.72. The van der Waals surface area contributed by atoms with E-state index < -0.39 is 16.7 Å². The largest absolute Gasteiger partial charge is 0.496 e.